The number of aromatic nitrogens is 2. The van der Waals surface area contributed by atoms with Gasteiger partial charge in [0.25, 0.3) is 5.56 Å². The van der Waals surface area contributed by atoms with Gasteiger partial charge in [0, 0.05) is 18.9 Å². The summed E-state index contributed by atoms with van der Waals surface area (Å²) in [5.41, 5.74) is 4.12. The molecular weight excluding hydrogens is 282 g/mol. The van der Waals surface area contributed by atoms with Crippen molar-refractivity contribution in [2.45, 2.75) is 31.0 Å². The lowest BCUT2D eigenvalue weighted by Crippen LogP contribution is -2.39. The zero-order chi connectivity index (χ0) is 15.4. The fourth-order valence-corrected chi connectivity index (χ4v) is 2.23. The molecule has 2 heterocycles. The standard InChI is InChI=1S/C12H19N3O6/c13-3-1-5-20-10-7(6-16)21-11(9(10)18)15-4-2-8(17)14-12(15)19/h2,4,7,9-11,16,18H,1,3,5-6,13H2,(H,14,17,19)/t7-,9?,10?,11-/m0/s1. The molecule has 118 valence electrons. The third kappa shape index (κ3) is 3.39. The van der Waals surface area contributed by atoms with Gasteiger partial charge in [0.2, 0.25) is 0 Å². The number of rotatable bonds is 6. The summed E-state index contributed by atoms with van der Waals surface area (Å²) in [6.07, 6.45) is -1.89. The Hall–Kier alpha value is -1.52. The molecule has 2 unspecified atom stereocenters. The summed E-state index contributed by atoms with van der Waals surface area (Å²) in [6, 6.07) is 1.15. The predicted octanol–water partition coefficient (Wildman–Crippen LogP) is -2.48. The van der Waals surface area contributed by atoms with E-state index in [0.717, 1.165) is 10.6 Å². The highest BCUT2D eigenvalue weighted by molar-refractivity contribution is 4.93. The van der Waals surface area contributed by atoms with Crippen LogP contribution in [0.3, 0.4) is 0 Å². The van der Waals surface area contributed by atoms with Gasteiger partial charge in [0.05, 0.1) is 6.61 Å². The first kappa shape index (κ1) is 15.9. The van der Waals surface area contributed by atoms with Crippen LogP contribution in [0.2, 0.25) is 0 Å². The largest absolute Gasteiger partial charge is 0.394 e. The highest BCUT2D eigenvalue weighted by atomic mass is 16.6. The van der Waals surface area contributed by atoms with Crippen LogP contribution in [0.5, 0.6) is 0 Å². The molecule has 0 bridgehead atoms. The molecule has 1 aromatic heterocycles. The van der Waals surface area contributed by atoms with Crippen LogP contribution in [0, 0.1) is 0 Å². The van der Waals surface area contributed by atoms with E-state index in [9.17, 15) is 19.8 Å². The van der Waals surface area contributed by atoms with Crippen LogP contribution in [0.15, 0.2) is 21.9 Å². The van der Waals surface area contributed by atoms with E-state index in [-0.39, 0.29) is 6.61 Å². The van der Waals surface area contributed by atoms with Gasteiger partial charge in [-0.05, 0) is 13.0 Å². The lowest BCUT2D eigenvalue weighted by molar-refractivity contribution is -0.0622. The lowest BCUT2D eigenvalue weighted by Gasteiger charge is -2.20. The quantitative estimate of drug-likeness (QED) is 0.426. The molecule has 9 nitrogen and oxygen atoms in total. The third-order valence-electron chi connectivity index (χ3n) is 3.27. The Balaban J connectivity index is 2.18. The van der Waals surface area contributed by atoms with E-state index in [1.54, 1.807) is 0 Å². The van der Waals surface area contributed by atoms with Gasteiger partial charge < -0.3 is 25.4 Å². The number of aliphatic hydroxyl groups excluding tert-OH is 2. The number of H-pyrrole nitrogens is 1. The second-order valence-electron chi connectivity index (χ2n) is 4.73. The Labute approximate surface area is 119 Å². The summed E-state index contributed by atoms with van der Waals surface area (Å²) in [5, 5.41) is 19.6. The summed E-state index contributed by atoms with van der Waals surface area (Å²) in [6.45, 7) is 0.389. The molecule has 9 heteroatoms. The van der Waals surface area contributed by atoms with Crippen LogP contribution in [-0.2, 0) is 9.47 Å². The van der Waals surface area contributed by atoms with Crippen molar-refractivity contribution in [2.75, 3.05) is 19.8 Å². The SMILES string of the molecule is NCCCOC1C(O)[C@@H](n2ccc(=O)[nH]c2=O)O[C@H]1CO. The minimum Gasteiger partial charge on any atom is -0.394 e. The Morgan fingerprint density at radius 1 is 1.48 bits per heavy atom. The van der Waals surface area contributed by atoms with Gasteiger partial charge in [-0.3, -0.25) is 14.3 Å². The monoisotopic (exact) mass is 301 g/mol. The number of nitrogens with one attached hydrogen (secondary N) is 1. The Bertz CT molecular complexity index is 571. The van der Waals surface area contributed by atoms with Crippen molar-refractivity contribution in [3.05, 3.63) is 33.1 Å². The normalized spacial score (nSPS) is 28.9. The fourth-order valence-electron chi connectivity index (χ4n) is 2.23. The molecule has 0 radical (unpaired) electrons. The first-order chi connectivity index (χ1) is 10.1. The second-order valence-corrected chi connectivity index (χ2v) is 4.73. The topological polar surface area (TPSA) is 140 Å². The molecule has 1 saturated heterocycles. The first-order valence-electron chi connectivity index (χ1n) is 6.66. The number of hydrogen-bond acceptors (Lipinski definition) is 7. The summed E-state index contributed by atoms with van der Waals surface area (Å²) in [7, 11) is 0. The zero-order valence-corrected chi connectivity index (χ0v) is 11.3. The molecule has 0 aliphatic carbocycles. The number of hydrogen-bond donors (Lipinski definition) is 4. The van der Waals surface area contributed by atoms with Crippen molar-refractivity contribution in [1.82, 2.24) is 9.55 Å². The van der Waals surface area contributed by atoms with E-state index in [1.807, 2.05) is 0 Å². The van der Waals surface area contributed by atoms with Crippen molar-refractivity contribution in [3.63, 3.8) is 0 Å². The van der Waals surface area contributed by atoms with E-state index < -0.39 is 35.8 Å². The van der Waals surface area contributed by atoms with E-state index >= 15 is 0 Å². The molecule has 0 amide bonds. The molecule has 4 atom stereocenters. The highest BCUT2D eigenvalue weighted by Crippen LogP contribution is 2.30. The van der Waals surface area contributed by atoms with Gasteiger partial charge in [-0.1, -0.05) is 0 Å². The molecule has 0 spiro atoms. The zero-order valence-electron chi connectivity index (χ0n) is 11.3. The summed E-state index contributed by atoms with van der Waals surface area (Å²) < 4.78 is 12.0. The Morgan fingerprint density at radius 2 is 2.24 bits per heavy atom. The molecule has 5 N–H and O–H groups in total. The molecule has 0 saturated carbocycles. The number of aromatic amines is 1. The Morgan fingerprint density at radius 3 is 2.86 bits per heavy atom. The molecule has 1 fully saturated rings. The molecular formula is C12H19N3O6. The second kappa shape index (κ2) is 6.96. The van der Waals surface area contributed by atoms with Crippen molar-refractivity contribution in [1.29, 1.82) is 0 Å². The summed E-state index contributed by atoms with van der Waals surface area (Å²) >= 11 is 0. The number of aliphatic hydroxyl groups is 2. The van der Waals surface area contributed by atoms with Gasteiger partial charge in [-0.2, -0.15) is 0 Å². The summed E-state index contributed by atoms with van der Waals surface area (Å²) in [5.74, 6) is 0. The third-order valence-corrected chi connectivity index (χ3v) is 3.27. The van der Waals surface area contributed by atoms with Crippen LogP contribution in [0.4, 0.5) is 0 Å². The average molecular weight is 301 g/mol. The molecule has 2 rings (SSSR count). The molecule has 1 aliphatic rings. The number of nitrogens with zero attached hydrogens (tertiary/aromatic N) is 1. The number of nitrogens with two attached hydrogens (primary N) is 1. The minimum absolute atomic E-state index is 0.311. The van der Waals surface area contributed by atoms with Gasteiger partial charge in [-0.15, -0.1) is 0 Å². The predicted molar refractivity (Wildman–Crippen MR) is 71.7 cm³/mol. The van der Waals surface area contributed by atoms with Gasteiger partial charge in [0.1, 0.15) is 18.3 Å². The molecule has 21 heavy (non-hydrogen) atoms. The van der Waals surface area contributed by atoms with Gasteiger partial charge >= 0.3 is 5.69 Å². The molecule has 1 aromatic rings. The van der Waals surface area contributed by atoms with Crippen LogP contribution in [0.1, 0.15) is 12.6 Å². The summed E-state index contributed by atoms with van der Waals surface area (Å²) in [4.78, 5) is 24.9. The van der Waals surface area contributed by atoms with Crippen LogP contribution < -0.4 is 17.0 Å². The van der Waals surface area contributed by atoms with E-state index in [2.05, 4.69) is 4.98 Å². The minimum atomic E-state index is -1.15. The van der Waals surface area contributed by atoms with Crippen molar-refractivity contribution in [3.8, 4) is 0 Å². The van der Waals surface area contributed by atoms with Crippen LogP contribution in [-0.4, -0.2) is 57.8 Å². The molecule has 0 aromatic carbocycles. The van der Waals surface area contributed by atoms with Crippen LogP contribution in [0.25, 0.3) is 0 Å². The maximum absolute atomic E-state index is 11.7. The first-order valence-corrected chi connectivity index (χ1v) is 6.66. The van der Waals surface area contributed by atoms with Gasteiger partial charge in [-0.25, -0.2) is 4.79 Å². The van der Waals surface area contributed by atoms with Crippen molar-refractivity contribution >= 4 is 0 Å². The fraction of sp³-hybridized carbons (Fsp3) is 0.667. The maximum Gasteiger partial charge on any atom is 0.330 e. The van der Waals surface area contributed by atoms with Crippen molar-refractivity contribution < 1.29 is 19.7 Å². The highest BCUT2D eigenvalue weighted by Gasteiger charge is 2.45. The molecule has 1 aliphatic heterocycles. The van der Waals surface area contributed by atoms with Crippen LogP contribution >= 0.6 is 0 Å². The van der Waals surface area contributed by atoms with Crippen molar-refractivity contribution in [2.24, 2.45) is 5.73 Å². The smallest absolute Gasteiger partial charge is 0.330 e. The van der Waals surface area contributed by atoms with E-state index in [4.69, 9.17) is 15.2 Å². The van der Waals surface area contributed by atoms with E-state index in [0.29, 0.717) is 19.6 Å². The number of ether oxygens (including phenoxy) is 2. The average Bonchev–Trinajstić information content (AvgIpc) is 2.76. The lowest BCUT2D eigenvalue weighted by atomic mass is 10.1. The maximum atomic E-state index is 11.7. The van der Waals surface area contributed by atoms with E-state index in [1.165, 1.54) is 6.20 Å². The van der Waals surface area contributed by atoms with Gasteiger partial charge in [0.15, 0.2) is 6.23 Å². The Kier molecular flexibility index (Phi) is 5.26.